The minimum Gasteiger partial charge on any atom is -0.480 e. The molecule has 0 aliphatic heterocycles. The number of fused-ring (bicyclic) bond motifs is 1. The smallest absolute Gasteiger partial charge is 0.408 e. The molecule has 3 aromatic heterocycles. The lowest BCUT2D eigenvalue weighted by Crippen LogP contribution is -2.37. The number of ether oxygens (including phenoxy) is 3. The Morgan fingerprint density at radius 2 is 2.00 bits per heavy atom. The SMILES string of the molecule is COc1nc2ccccc2cc1-c1cnc([C@H](COCCCC(=O)c2ncco2)NC(=O)OC(C)(C)C)[nH]1. The van der Waals surface area contributed by atoms with Gasteiger partial charge in [0.05, 0.1) is 42.9 Å². The van der Waals surface area contributed by atoms with Crippen molar-refractivity contribution in [2.45, 2.75) is 45.3 Å². The summed E-state index contributed by atoms with van der Waals surface area (Å²) in [6.45, 7) is 5.74. The number of para-hydroxylation sites is 1. The fourth-order valence-electron chi connectivity index (χ4n) is 3.74. The molecule has 1 atom stereocenters. The second-order valence-electron chi connectivity index (χ2n) is 9.56. The van der Waals surface area contributed by atoms with E-state index in [1.54, 1.807) is 34.1 Å². The van der Waals surface area contributed by atoms with Crippen molar-refractivity contribution in [1.82, 2.24) is 25.3 Å². The van der Waals surface area contributed by atoms with Gasteiger partial charge in [0, 0.05) is 18.4 Å². The number of aromatic nitrogens is 4. The van der Waals surface area contributed by atoms with Gasteiger partial charge in [0.1, 0.15) is 23.7 Å². The number of hydrogen-bond acceptors (Lipinski definition) is 9. The highest BCUT2D eigenvalue weighted by atomic mass is 16.6. The number of benzene rings is 1. The first-order valence-corrected chi connectivity index (χ1v) is 12.2. The molecule has 11 nitrogen and oxygen atoms in total. The van der Waals surface area contributed by atoms with Gasteiger partial charge in [-0.3, -0.25) is 4.79 Å². The maximum absolute atomic E-state index is 12.6. The second kappa shape index (κ2) is 11.9. The minimum absolute atomic E-state index is 0.0798. The molecule has 38 heavy (non-hydrogen) atoms. The van der Waals surface area contributed by atoms with E-state index in [9.17, 15) is 9.59 Å². The summed E-state index contributed by atoms with van der Waals surface area (Å²) in [4.78, 5) is 40.8. The molecule has 0 spiro atoms. The first-order valence-electron chi connectivity index (χ1n) is 12.2. The first kappa shape index (κ1) is 26.8. The van der Waals surface area contributed by atoms with Crippen LogP contribution in [0.2, 0.25) is 0 Å². The lowest BCUT2D eigenvalue weighted by Gasteiger charge is -2.23. The highest BCUT2D eigenvalue weighted by Gasteiger charge is 2.24. The van der Waals surface area contributed by atoms with E-state index >= 15 is 0 Å². The summed E-state index contributed by atoms with van der Waals surface area (Å²) >= 11 is 0. The van der Waals surface area contributed by atoms with Crippen LogP contribution in [0, 0.1) is 0 Å². The highest BCUT2D eigenvalue weighted by Crippen LogP contribution is 2.31. The average molecular weight is 522 g/mol. The third kappa shape index (κ3) is 6.94. The molecule has 3 heterocycles. The Bertz CT molecular complexity index is 1380. The van der Waals surface area contributed by atoms with Crippen molar-refractivity contribution in [3.8, 4) is 17.1 Å². The van der Waals surface area contributed by atoms with Gasteiger partial charge in [-0.15, -0.1) is 0 Å². The van der Waals surface area contributed by atoms with Gasteiger partial charge < -0.3 is 28.9 Å². The predicted octanol–water partition coefficient (Wildman–Crippen LogP) is 4.87. The Hall–Kier alpha value is -4.25. The zero-order chi connectivity index (χ0) is 27.1. The topological polar surface area (TPSA) is 141 Å². The largest absolute Gasteiger partial charge is 0.480 e. The molecule has 0 saturated carbocycles. The van der Waals surface area contributed by atoms with Gasteiger partial charge in [0.15, 0.2) is 0 Å². The molecule has 0 aliphatic rings. The lowest BCUT2D eigenvalue weighted by atomic mass is 10.1. The number of hydrogen-bond donors (Lipinski definition) is 2. The fraction of sp³-hybridized carbons (Fsp3) is 0.370. The molecule has 0 saturated heterocycles. The Morgan fingerprint density at radius 1 is 1.18 bits per heavy atom. The summed E-state index contributed by atoms with van der Waals surface area (Å²) in [5.74, 6) is 0.797. The van der Waals surface area contributed by atoms with E-state index in [1.807, 2.05) is 30.3 Å². The van der Waals surface area contributed by atoms with E-state index in [0.717, 1.165) is 16.5 Å². The van der Waals surface area contributed by atoms with Crippen molar-refractivity contribution >= 4 is 22.8 Å². The Morgan fingerprint density at radius 3 is 2.74 bits per heavy atom. The number of ketones is 1. The van der Waals surface area contributed by atoms with Crippen LogP contribution in [-0.4, -0.2) is 57.7 Å². The fourth-order valence-corrected chi connectivity index (χ4v) is 3.74. The van der Waals surface area contributed by atoms with Gasteiger partial charge in [-0.1, -0.05) is 18.2 Å². The summed E-state index contributed by atoms with van der Waals surface area (Å²) in [6.07, 6.45) is 4.53. The highest BCUT2D eigenvalue weighted by molar-refractivity contribution is 5.91. The number of methoxy groups -OCH3 is 1. The molecule has 2 N–H and O–H groups in total. The quantitative estimate of drug-likeness (QED) is 0.209. The summed E-state index contributed by atoms with van der Waals surface area (Å²) in [5, 5.41) is 3.77. The van der Waals surface area contributed by atoms with Crippen LogP contribution in [0.5, 0.6) is 5.88 Å². The molecule has 0 fully saturated rings. The minimum atomic E-state index is -0.672. The average Bonchev–Trinajstić information content (AvgIpc) is 3.59. The maximum Gasteiger partial charge on any atom is 0.408 e. The van der Waals surface area contributed by atoms with Gasteiger partial charge in [-0.25, -0.2) is 19.7 Å². The van der Waals surface area contributed by atoms with Crippen LogP contribution in [0.1, 0.15) is 56.2 Å². The standard InChI is InChI=1S/C27H31N5O6/c1-27(2,3)38-26(34)32-21(16-36-12-7-10-22(33)25-28-11-13-37-25)23-29-15-20(30-23)18-14-17-8-5-6-9-19(17)31-24(18)35-4/h5-6,8-9,11,13-15,21H,7,10,12,16H2,1-4H3,(H,29,30)(H,32,34)/t21-/m0/s1. The Kier molecular flexibility index (Phi) is 8.37. The normalized spacial score (nSPS) is 12.3. The van der Waals surface area contributed by atoms with E-state index in [4.69, 9.17) is 18.6 Å². The summed E-state index contributed by atoms with van der Waals surface area (Å²) < 4.78 is 21.8. The summed E-state index contributed by atoms with van der Waals surface area (Å²) in [5.41, 5.74) is 1.54. The van der Waals surface area contributed by atoms with Crippen molar-refractivity contribution in [2.75, 3.05) is 20.3 Å². The number of nitrogens with one attached hydrogen (secondary N) is 2. The first-order chi connectivity index (χ1) is 18.2. The van der Waals surface area contributed by atoms with E-state index < -0.39 is 17.7 Å². The molecule has 4 aromatic rings. The number of H-pyrrole nitrogens is 1. The van der Waals surface area contributed by atoms with E-state index in [-0.39, 0.29) is 31.3 Å². The molecule has 200 valence electrons. The molecule has 0 unspecified atom stereocenters. The number of carbonyl (C=O) groups excluding carboxylic acids is 2. The van der Waals surface area contributed by atoms with Crippen molar-refractivity contribution in [3.05, 3.63) is 60.7 Å². The number of carbonyl (C=O) groups is 2. The van der Waals surface area contributed by atoms with Crippen molar-refractivity contribution in [2.24, 2.45) is 0 Å². The van der Waals surface area contributed by atoms with Gasteiger partial charge in [-0.2, -0.15) is 0 Å². The zero-order valence-electron chi connectivity index (χ0n) is 21.8. The number of rotatable bonds is 11. The predicted molar refractivity (Wildman–Crippen MR) is 139 cm³/mol. The van der Waals surface area contributed by atoms with E-state index in [0.29, 0.717) is 23.8 Å². The van der Waals surface area contributed by atoms with Crippen molar-refractivity contribution in [1.29, 1.82) is 0 Å². The van der Waals surface area contributed by atoms with Crippen LogP contribution in [0.4, 0.5) is 4.79 Å². The van der Waals surface area contributed by atoms with Crippen LogP contribution >= 0.6 is 0 Å². The third-order valence-corrected chi connectivity index (χ3v) is 5.44. The van der Waals surface area contributed by atoms with Crippen LogP contribution in [0.3, 0.4) is 0 Å². The van der Waals surface area contributed by atoms with Gasteiger partial charge in [0.2, 0.25) is 11.7 Å². The summed E-state index contributed by atoms with van der Waals surface area (Å²) in [6, 6.07) is 9.07. The van der Waals surface area contributed by atoms with Gasteiger partial charge >= 0.3 is 6.09 Å². The zero-order valence-corrected chi connectivity index (χ0v) is 21.8. The number of pyridine rings is 1. The van der Waals surface area contributed by atoms with Crippen LogP contribution < -0.4 is 10.1 Å². The van der Waals surface area contributed by atoms with Gasteiger partial charge in [0.25, 0.3) is 5.89 Å². The van der Waals surface area contributed by atoms with E-state index in [1.165, 1.54) is 12.5 Å². The number of oxazole rings is 1. The van der Waals surface area contributed by atoms with Crippen LogP contribution in [0.25, 0.3) is 22.2 Å². The molecule has 1 amide bonds. The van der Waals surface area contributed by atoms with Crippen molar-refractivity contribution in [3.63, 3.8) is 0 Å². The molecular formula is C27H31N5O6. The Labute approximate surface area is 219 Å². The molecule has 0 bridgehead atoms. The molecule has 0 aliphatic carbocycles. The molecule has 1 aromatic carbocycles. The molecule has 4 rings (SSSR count). The van der Waals surface area contributed by atoms with Crippen LogP contribution in [0.15, 0.2) is 53.4 Å². The molecular weight excluding hydrogens is 490 g/mol. The maximum atomic E-state index is 12.6. The van der Waals surface area contributed by atoms with Crippen LogP contribution in [-0.2, 0) is 9.47 Å². The lowest BCUT2D eigenvalue weighted by molar-refractivity contribution is 0.0433. The second-order valence-corrected chi connectivity index (χ2v) is 9.56. The number of alkyl carbamates (subject to hydrolysis) is 1. The summed E-state index contributed by atoms with van der Waals surface area (Å²) in [7, 11) is 1.56. The monoisotopic (exact) mass is 521 g/mol. The number of aromatic amines is 1. The van der Waals surface area contributed by atoms with Gasteiger partial charge in [-0.05, 0) is 39.3 Å². The number of nitrogens with zero attached hydrogens (tertiary/aromatic N) is 3. The Balaban J connectivity index is 1.47. The van der Waals surface area contributed by atoms with E-state index in [2.05, 4.69) is 25.3 Å². The number of Topliss-reactive ketones (excluding diaryl/α,β-unsaturated/α-hetero) is 1. The molecule has 11 heteroatoms. The number of imidazole rings is 1. The third-order valence-electron chi connectivity index (χ3n) is 5.44. The number of amides is 1. The van der Waals surface area contributed by atoms with Crippen molar-refractivity contribution < 1.29 is 28.2 Å². The molecule has 0 radical (unpaired) electrons.